The van der Waals surface area contributed by atoms with Crippen molar-refractivity contribution >= 4 is 0 Å². The maximum atomic E-state index is 13.5. The molecule has 9 heteroatoms. The summed E-state index contributed by atoms with van der Waals surface area (Å²) in [5.41, 5.74) is -0.917. The highest BCUT2D eigenvalue weighted by atomic mass is 19.4. The molecule has 11 rings (SSSR count). The van der Waals surface area contributed by atoms with Crippen LogP contribution in [0.1, 0.15) is 11.1 Å². The van der Waals surface area contributed by atoms with Gasteiger partial charge in [-0.15, -0.1) is 0 Å². The molecule has 3 nitrogen and oxygen atoms in total. The lowest BCUT2D eigenvalue weighted by atomic mass is 9.73. The van der Waals surface area contributed by atoms with Crippen molar-refractivity contribution in [2.75, 3.05) is 0 Å². The standard InChI is InChI=1S/C24H18O2.C15H10F6.C12H10O.C12H10.C6H6/c1-3-7-21(8-4-1)25-23-15-11-19(12-16-23)20-13-17-24(18-14-20)26-22-9-5-2-6-10-22;16-14(17,18)13(15(19,20)21,11-7-3-1-4-8-11)12-9-5-2-6-10-12;1-3-7-11(8-4-1)13-12-9-5-2-6-10-12;1-3-7-11(8-4-1)12-9-5-2-6-10-12;1-2-4-6-5-3-1/h1-18H;1-10H;1-10H;1-10H;1-6H. The van der Waals surface area contributed by atoms with Crippen LogP contribution in [-0.4, -0.2) is 12.4 Å². The third kappa shape index (κ3) is 16.7. The highest BCUT2D eigenvalue weighted by molar-refractivity contribution is 5.65. The van der Waals surface area contributed by atoms with Crippen molar-refractivity contribution in [3.8, 4) is 56.8 Å². The molecule has 0 saturated heterocycles. The molecular weight excluding hydrogens is 991 g/mol. The van der Waals surface area contributed by atoms with E-state index >= 15 is 0 Å². The average Bonchev–Trinajstić information content (AvgIpc) is 3.65. The summed E-state index contributed by atoms with van der Waals surface area (Å²) in [7, 11) is 0. The molecule has 11 aromatic carbocycles. The zero-order chi connectivity index (χ0) is 54.7. The van der Waals surface area contributed by atoms with Gasteiger partial charge in [-0.1, -0.05) is 255 Å². The zero-order valence-corrected chi connectivity index (χ0v) is 42.2. The van der Waals surface area contributed by atoms with Gasteiger partial charge < -0.3 is 14.2 Å². The van der Waals surface area contributed by atoms with Gasteiger partial charge in [0, 0.05) is 0 Å². The molecule has 0 heterocycles. The topological polar surface area (TPSA) is 27.7 Å². The second-order valence-electron chi connectivity index (χ2n) is 17.0. The lowest BCUT2D eigenvalue weighted by Crippen LogP contribution is -2.54. The van der Waals surface area contributed by atoms with Crippen molar-refractivity contribution in [2.45, 2.75) is 17.8 Å². The highest BCUT2D eigenvalue weighted by Gasteiger charge is 2.72. The van der Waals surface area contributed by atoms with Gasteiger partial charge in [0.2, 0.25) is 5.41 Å². The number of ether oxygens (including phenoxy) is 3. The maximum absolute atomic E-state index is 13.5. The SMILES string of the molecule is FC(F)(F)C(c1ccccc1)(c1ccccc1)C(F)(F)F.c1ccc(-c2ccccc2)cc1.c1ccc(Oc2ccc(-c3ccc(Oc4ccccc4)cc3)cc2)cc1.c1ccc(Oc2ccccc2)cc1.c1ccccc1. The van der Waals surface area contributed by atoms with Gasteiger partial charge in [-0.25, -0.2) is 0 Å². The molecule has 0 aromatic heterocycles. The largest absolute Gasteiger partial charge is 0.457 e. The predicted octanol–water partition coefficient (Wildman–Crippen LogP) is 20.6. The van der Waals surface area contributed by atoms with Crippen molar-refractivity contribution in [1.29, 1.82) is 0 Å². The van der Waals surface area contributed by atoms with Gasteiger partial charge in [-0.3, -0.25) is 0 Å². The van der Waals surface area contributed by atoms with Crippen LogP contribution in [0.2, 0.25) is 0 Å². The molecule has 0 amide bonds. The van der Waals surface area contributed by atoms with E-state index in [4.69, 9.17) is 14.2 Å². The first-order valence-electron chi connectivity index (χ1n) is 24.8. The van der Waals surface area contributed by atoms with Crippen molar-refractivity contribution in [1.82, 2.24) is 0 Å². The minimum Gasteiger partial charge on any atom is -0.457 e. The minimum atomic E-state index is -5.52. The van der Waals surface area contributed by atoms with Crippen LogP contribution in [0.15, 0.2) is 328 Å². The lowest BCUT2D eigenvalue weighted by Gasteiger charge is -2.38. The number of hydrogen-bond acceptors (Lipinski definition) is 3. The van der Waals surface area contributed by atoms with Crippen LogP contribution in [-0.2, 0) is 5.41 Å². The van der Waals surface area contributed by atoms with Crippen molar-refractivity contribution in [2.24, 2.45) is 0 Å². The Hall–Kier alpha value is -9.60. The fourth-order valence-corrected chi connectivity index (χ4v) is 7.80. The van der Waals surface area contributed by atoms with Gasteiger partial charge in [-0.05, 0) is 106 Å². The van der Waals surface area contributed by atoms with E-state index in [-0.39, 0.29) is 0 Å². The van der Waals surface area contributed by atoms with Gasteiger partial charge in [0.1, 0.15) is 34.5 Å². The van der Waals surface area contributed by atoms with E-state index in [1.807, 2.05) is 194 Å². The molecule has 11 aromatic rings. The number of halogens is 6. The Morgan fingerprint density at radius 1 is 0.179 bits per heavy atom. The second kappa shape index (κ2) is 28.9. The summed E-state index contributed by atoms with van der Waals surface area (Å²) in [5.74, 6) is 5.06. The third-order valence-electron chi connectivity index (χ3n) is 11.5. The summed E-state index contributed by atoms with van der Waals surface area (Å²) in [6.45, 7) is 0. The Bertz CT molecular complexity index is 3080. The number of alkyl halides is 6. The van der Waals surface area contributed by atoms with E-state index in [1.165, 1.54) is 23.3 Å². The first kappa shape index (κ1) is 56.1. The molecule has 0 fully saturated rings. The Labute approximate surface area is 451 Å². The smallest absolute Gasteiger partial charge is 0.411 e. The summed E-state index contributed by atoms with van der Waals surface area (Å²) in [6.07, 6.45) is -11.0. The second-order valence-corrected chi connectivity index (χ2v) is 17.0. The molecule has 0 bridgehead atoms. The van der Waals surface area contributed by atoms with Crippen LogP contribution >= 0.6 is 0 Å². The summed E-state index contributed by atoms with van der Waals surface area (Å²) in [4.78, 5) is 0. The van der Waals surface area contributed by atoms with Crippen LogP contribution in [0.3, 0.4) is 0 Å². The summed E-state index contributed by atoms with van der Waals surface area (Å²) >= 11 is 0. The van der Waals surface area contributed by atoms with Gasteiger partial charge in [0.05, 0.1) is 0 Å². The monoisotopic (exact) mass is 1040 g/mol. The van der Waals surface area contributed by atoms with Gasteiger partial charge >= 0.3 is 12.4 Å². The van der Waals surface area contributed by atoms with E-state index < -0.39 is 28.9 Å². The Morgan fingerprint density at radius 2 is 0.346 bits per heavy atom. The predicted molar refractivity (Wildman–Crippen MR) is 302 cm³/mol. The Balaban J connectivity index is 0.000000151. The number of hydrogen-bond donors (Lipinski definition) is 0. The minimum absolute atomic E-state index is 0.823. The van der Waals surface area contributed by atoms with E-state index in [0.29, 0.717) is 0 Å². The third-order valence-corrected chi connectivity index (χ3v) is 11.5. The van der Waals surface area contributed by atoms with Gasteiger partial charge in [-0.2, -0.15) is 26.3 Å². The fraction of sp³-hybridized carbons (Fsp3) is 0.0435. The molecule has 0 saturated carbocycles. The first-order chi connectivity index (χ1) is 38.0. The quantitative estimate of drug-likeness (QED) is 0.128. The molecule has 0 spiro atoms. The summed E-state index contributed by atoms with van der Waals surface area (Å²) in [6, 6.07) is 98.8. The molecule has 0 radical (unpaired) electrons. The molecule has 78 heavy (non-hydrogen) atoms. The molecule has 0 aliphatic rings. The Kier molecular flexibility index (Phi) is 20.8. The molecular formula is C69H54F6O3. The van der Waals surface area contributed by atoms with Gasteiger partial charge in [0.15, 0.2) is 0 Å². The first-order valence-corrected chi connectivity index (χ1v) is 24.8. The van der Waals surface area contributed by atoms with Crippen LogP contribution in [0.4, 0.5) is 26.3 Å². The van der Waals surface area contributed by atoms with E-state index in [2.05, 4.69) is 72.8 Å². The molecule has 0 atom stereocenters. The van der Waals surface area contributed by atoms with Crippen molar-refractivity contribution < 1.29 is 40.6 Å². The van der Waals surface area contributed by atoms with E-state index in [1.54, 1.807) is 0 Å². The van der Waals surface area contributed by atoms with Crippen LogP contribution in [0, 0.1) is 0 Å². The molecule has 0 aliphatic heterocycles. The molecule has 0 unspecified atom stereocenters. The average molecular weight is 1050 g/mol. The van der Waals surface area contributed by atoms with Crippen molar-refractivity contribution in [3.05, 3.63) is 339 Å². The fourth-order valence-electron chi connectivity index (χ4n) is 7.80. The van der Waals surface area contributed by atoms with Gasteiger partial charge in [0.25, 0.3) is 0 Å². The van der Waals surface area contributed by atoms with Crippen LogP contribution in [0.5, 0.6) is 34.5 Å². The van der Waals surface area contributed by atoms with E-state index in [9.17, 15) is 26.3 Å². The number of para-hydroxylation sites is 4. The molecule has 390 valence electrons. The Morgan fingerprint density at radius 3 is 0.564 bits per heavy atom. The molecule has 0 aliphatic carbocycles. The number of benzene rings is 11. The summed E-state index contributed by atoms with van der Waals surface area (Å²) < 4.78 is 98.4. The highest BCUT2D eigenvalue weighted by Crippen LogP contribution is 2.56. The van der Waals surface area contributed by atoms with Crippen LogP contribution in [0.25, 0.3) is 22.3 Å². The van der Waals surface area contributed by atoms with Crippen LogP contribution < -0.4 is 14.2 Å². The van der Waals surface area contributed by atoms with Crippen molar-refractivity contribution in [3.63, 3.8) is 0 Å². The zero-order valence-electron chi connectivity index (χ0n) is 42.2. The summed E-state index contributed by atoms with van der Waals surface area (Å²) in [5, 5.41) is 0. The number of rotatable bonds is 10. The maximum Gasteiger partial charge on any atom is 0.411 e. The molecule has 0 N–H and O–H groups in total. The lowest BCUT2D eigenvalue weighted by molar-refractivity contribution is -0.288. The normalized spacial score (nSPS) is 10.7. The van der Waals surface area contributed by atoms with E-state index in [0.717, 1.165) is 94.2 Å².